The maximum Gasteiger partial charge on any atom is 0.238 e. The van der Waals surface area contributed by atoms with Crippen LogP contribution in [0.5, 0.6) is 11.5 Å². The lowest BCUT2D eigenvalue weighted by Crippen LogP contribution is -2.46. The molecule has 36 heavy (non-hydrogen) atoms. The van der Waals surface area contributed by atoms with Crippen molar-refractivity contribution in [1.29, 1.82) is 0 Å². The summed E-state index contributed by atoms with van der Waals surface area (Å²) in [6.45, 7) is 0.388. The van der Waals surface area contributed by atoms with Crippen LogP contribution in [0.15, 0.2) is 77.8 Å². The molecule has 1 saturated heterocycles. The zero-order valence-corrected chi connectivity index (χ0v) is 20.8. The average molecular weight is 508 g/mol. The minimum atomic E-state index is -0.682. The molecule has 1 fully saturated rings. The number of halogens is 1. The third kappa shape index (κ3) is 6.23. The van der Waals surface area contributed by atoms with Gasteiger partial charge in [-0.2, -0.15) is 0 Å². The van der Waals surface area contributed by atoms with Crippen LogP contribution in [0.2, 0.25) is 0 Å². The van der Waals surface area contributed by atoms with Crippen LogP contribution >= 0.6 is 11.8 Å². The number of para-hydroxylation sites is 2. The molecular formula is C27H26FN3O4S. The van der Waals surface area contributed by atoms with E-state index in [2.05, 4.69) is 10.3 Å². The predicted molar refractivity (Wildman–Crippen MR) is 140 cm³/mol. The lowest BCUT2D eigenvalue weighted by Gasteiger charge is -2.32. The van der Waals surface area contributed by atoms with E-state index in [4.69, 9.17) is 9.47 Å². The number of carbonyl (C=O) groups excluding carboxylic acids is 2. The Morgan fingerprint density at radius 2 is 1.78 bits per heavy atom. The summed E-state index contributed by atoms with van der Waals surface area (Å²) < 4.78 is 23.9. The van der Waals surface area contributed by atoms with Crippen molar-refractivity contribution in [2.75, 3.05) is 26.1 Å². The predicted octanol–water partition coefficient (Wildman–Crippen LogP) is 5.05. The van der Waals surface area contributed by atoms with Gasteiger partial charge < -0.3 is 14.8 Å². The van der Waals surface area contributed by atoms with Gasteiger partial charge in [-0.15, -0.1) is 0 Å². The van der Waals surface area contributed by atoms with Crippen LogP contribution in [-0.2, 0) is 16.0 Å². The third-order valence-electron chi connectivity index (χ3n) is 5.63. The van der Waals surface area contributed by atoms with Crippen molar-refractivity contribution in [3.05, 3.63) is 84.2 Å². The number of methoxy groups -OCH3 is 2. The molecule has 4 rings (SSSR count). The Balaban J connectivity index is 1.54. The number of nitrogens with zero attached hydrogens (tertiary/aromatic N) is 2. The highest BCUT2D eigenvalue weighted by Gasteiger charge is 2.36. The van der Waals surface area contributed by atoms with Gasteiger partial charge in [0.1, 0.15) is 22.6 Å². The first-order chi connectivity index (χ1) is 17.5. The number of amidine groups is 1. The van der Waals surface area contributed by atoms with Crippen molar-refractivity contribution in [3.8, 4) is 11.5 Å². The standard InChI is InChI=1S/C27H26FN3O4S/c1-34-21-13-7-18(8-14-21)15-16-31-25(32)17-24(26(33)30-22-5-3-4-6-23(22)35-2)36-27(31)29-20-11-9-19(28)10-12-20/h3-14,24H,15-17H2,1-2H3,(H,30,33)/t24-/m0/s1. The van der Waals surface area contributed by atoms with Crippen molar-refractivity contribution < 1.29 is 23.5 Å². The molecule has 1 aliphatic heterocycles. The van der Waals surface area contributed by atoms with Crippen LogP contribution in [0.1, 0.15) is 12.0 Å². The Morgan fingerprint density at radius 3 is 2.47 bits per heavy atom. The Morgan fingerprint density at radius 1 is 1.06 bits per heavy atom. The second-order valence-corrected chi connectivity index (χ2v) is 9.18. The molecule has 0 radical (unpaired) electrons. The van der Waals surface area contributed by atoms with Crippen LogP contribution in [0.3, 0.4) is 0 Å². The largest absolute Gasteiger partial charge is 0.497 e. The molecule has 7 nitrogen and oxygen atoms in total. The van der Waals surface area contributed by atoms with Gasteiger partial charge in [-0.1, -0.05) is 36.0 Å². The molecule has 186 valence electrons. The Bertz CT molecular complexity index is 1250. The summed E-state index contributed by atoms with van der Waals surface area (Å²) in [5.74, 6) is 0.379. The normalized spacial score (nSPS) is 16.6. The van der Waals surface area contributed by atoms with Crippen molar-refractivity contribution in [3.63, 3.8) is 0 Å². The van der Waals surface area contributed by atoms with E-state index < -0.39 is 5.25 Å². The van der Waals surface area contributed by atoms with Gasteiger partial charge in [-0.25, -0.2) is 9.38 Å². The summed E-state index contributed by atoms with van der Waals surface area (Å²) in [6, 6.07) is 20.4. The summed E-state index contributed by atoms with van der Waals surface area (Å²) in [7, 11) is 3.13. The fourth-order valence-corrected chi connectivity index (χ4v) is 4.81. The average Bonchev–Trinajstić information content (AvgIpc) is 2.90. The number of aliphatic imine (C=N–C) groups is 1. The molecule has 1 aliphatic rings. The smallest absolute Gasteiger partial charge is 0.238 e. The number of benzene rings is 3. The second kappa shape index (κ2) is 11.7. The van der Waals surface area contributed by atoms with Gasteiger partial charge in [0, 0.05) is 13.0 Å². The molecule has 3 aromatic carbocycles. The minimum Gasteiger partial charge on any atom is -0.497 e. The number of carbonyl (C=O) groups is 2. The first-order valence-corrected chi connectivity index (χ1v) is 12.2. The van der Waals surface area contributed by atoms with Crippen molar-refractivity contribution in [2.45, 2.75) is 18.1 Å². The SMILES string of the molecule is COc1ccc(CCN2C(=O)C[C@@H](C(=O)Nc3ccccc3OC)SC2=Nc2ccc(F)cc2)cc1. The maximum absolute atomic E-state index is 13.4. The Kier molecular flexibility index (Phi) is 8.22. The molecule has 1 heterocycles. The number of hydrogen-bond acceptors (Lipinski definition) is 6. The van der Waals surface area contributed by atoms with Gasteiger partial charge in [0.25, 0.3) is 0 Å². The lowest BCUT2D eigenvalue weighted by molar-refractivity contribution is -0.129. The first-order valence-electron chi connectivity index (χ1n) is 11.3. The van der Waals surface area contributed by atoms with Gasteiger partial charge in [0.2, 0.25) is 11.8 Å². The number of hydrogen-bond donors (Lipinski definition) is 1. The Labute approximate surface area is 213 Å². The minimum absolute atomic E-state index is 0.0245. The van der Waals surface area contributed by atoms with E-state index in [1.54, 1.807) is 30.2 Å². The number of ether oxygens (including phenoxy) is 2. The number of anilines is 1. The van der Waals surface area contributed by atoms with Crippen molar-refractivity contribution >= 4 is 40.1 Å². The summed E-state index contributed by atoms with van der Waals surface area (Å²) in [6.07, 6.45) is 0.619. The highest BCUT2D eigenvalue weighted by Crippen LogP contribution is 2.31. The molecule has 9 heteroatoms. The molecular weight excluding hydrogens is 481 g/mol. The topological polar surface area (TPSA) is 80.2 Å². The number of amides is 2. The quantitative estimate of drug-likeness (QED) is 0.462. The molecule has 3 aromatic rings. The van der Waals surface area contributed by atoms with Gasteiger partial charge in [-0.05, 0) is 60.5 Å². The molecule has 1 atom stereocenters. The number of nitrogens with one attached hydrogen (secondary N) is 1. The highest BCUT2D eigenvalue weighted by atomic mass is 32.2. The molecule has 0 spiro atoms. The molecule has 2 amide bonds. The maximum atomic E-state index is 13.4. The fraction of sp³-hybridized carbons (Fsp3) is 0.222. The molecule has 0 aliphatic carbocycles. The summed E-state index contributed by atoms with van der Waals surface area (Å²) >= 11 is 1.21. The highest BCUT2D eigenvalue weighted by molar-refractivity contribution is 8.15. The zero-order chi connectivity index (χ0) is 25.5. The summed E-state index contributed by atoms with van der Waals surface area (Å²) in [5.41, 5.74) is 2.05. The van der Waals surface area contributed by atoms with Crippen LogP contribution in [0, 0.1) is 5.82 Å². The van der Waals surface area contributed by atoms with E-state index in [9.17, 15) is 14.0 Å². The molecule has 0 bridgehead atoms. The lowest BCUT2D eigenvalue weighted by atomic mass is 10.1. The van der Waals surface area contributed by atoms with Gasteiger partial charge in [0.05, 0.1) is 25.6 Å². The second-order valence-electron chi connectivity index (χ2n) is 8.01. The van der Waals surface area contributed by atoms with Crippen molar-refractivity contribution in [2.24, 2.45) is 4.99 Å². The van der Waals surface area contributed by atoms with E-state index >= 15 is 0 Å². The van der Waals surface area contributed by atoms with E-state index in [0.717, 1.165) is 11.3 Å². The fourth-order valence-electron chi connectivity index (χ4n) is 3.68. The van der Waals surface area contributed by atoms with E-state index in [-0.39, 0.29) is 24.1 Å². The van der Waals surface area contributed by atoms with Crippen LogP contribution < -0.4 is 14.8 Å². The van der Waals surface area contributed by atoms with Crippen molar-refractivity contribution in [1.82, 2.24) is 4.90 Å². The van der Waals surface area contributed by atoms with Gasteiger partial charge in [0.15, 0.2) is 5.17 Å². The van der Waals surface area contributed by atoms with E-state index in [1.165, 1.54) is 43.1 Å². The Hall–Kier alpha value is -3.85. The van der Waals surface area contributed by atoms with Gasteiger partial charge >= 0.3 is 0 Å². The third-order valence-corrected chi connectivity index (χ3v) is 6.82. The molecule has 0 saturated carbocycles. The number of thioether (sulfide) groups is 1. The number of rotatable bonds is 8. The monoisotopic (exact) mass is 507 g/mol. The van der Waals surface area contributed by atoms with Crippen LogP contribution in [-0.4, -0.2) is 47.9 Å². The van der Waals surface area contributed by atoms with E-state index in [1.807, 2.05) is 30.3 Å². The van der Waals surface area contributed by atoms with E-state index in [0.29, 0.717) is 35.3 Å². The molecule has 0 unspecified atom stereocenters. The first kappa shape index (κ1) is 25.2. The summed E-state index contributed by atoms with van der Waals surface area (Å²) in [4.78, 5) is 32.5. The van der Waals surface area contributed by atoms with Crippen LogP contribution in [0.25, 0.3) is 0 Å². The molecule has 1 N–H and O–H groups in total. The molecule has 0 aromatic heterocycles. The zero-order valence-electron chi connectivity index (χ0n) is 19.9. The summed E-state index contributed by atoms with van der Waals surface area (Å²) in [5, 5.41) is 2.57. The van der Waals surface area contributed by atoms with Gasteiger partial charge in [-0.3, -0.25) is 14.5 Å². The van der Waals surface area contributed by atoms with Crippen LogP contribution in [0.4, 0.5) is 15.8 Å².